The van der Waals surface area contributed by atoms with Crippen molar-refractivity contribution in [2.45, 2.75) is 29.6 Å². The summed E-state index contributed by atoms with van der Waals surface area (Å²) in [6.07, 6.45) is -0.125. The first-order valence-electron chi connectivity index (χ1n) is 9.87. The van der Waals surface area contributed by atoms with Gasteiger partial charge >= 0.3 is 6.09 Å². The summed E-state index contributed by atoms with van der Waals surface area (Å²) in [7, 11) is 1.78. The first-order valence-corrected chi connectivity index (χ1v) is 10.8. The molecule has 0 saturated carbocycles. The molecular formula is C22H23N3O4S. The van der Waals surface area contributed by atoms with Gasteiger partial charge in [0.25, 0.3) is 5.91 Å². The maximum atomic E-state index is 12.4. The average Bonchev–Trinajstić information content (AvgIpc) is 3.15. The van der Waals surface area contributed by atoms with Crippen LogP contribution in [0.4, 0.5) is 16.2 Å². The number of benzene rings is 2. The summed E-state index contributed by atoms with van der Waals surface area (Å²) in [4.78, 5) is 41.2. The fourth-order valence-corrected chi connectivity index (χ4v) is 4.82. The van der Waals surface area contributed by atoms with Crippen LogP contribution in [0.15, 0.2) is 53.4 Å². The van der Waals surface area contributed by atoms with Gasteiger partial charge in [-0.25, -0.2) is 4.79 Å². The lowest BCUT2D eigenvalue weighted by Crippen LogP contribution is -2.38. The molecular weight excluding hydrogens is 402 g/mol. The van der Waals surface area contributed by atoms with Crippen molar-refractivity contribution in [3.8, 4) is 0 Å². The first-order chi connectivity index (χ1) is 14.5. The number of amides is 3. The third kappa shape index (κ3) is 3.87. The summed E-state index contributed by atoms with van der Waals surface area (Å²) < 4.78 is 5.44. The van der Waals surface area contributed by atoms with E-state index in [1.807, 2.05) is 31.2 Å². The van der Waals surface area contributed by atoms with E-state index in [0.29, 0.717) is 12.1 Å². The van der Waals surface area contributed by atoms with Gasteiger partial charge in [0, 0.05) is 23.2 Å². The van der Waals surface area contributed by atoms with Gasteiger partial charge < -0.3 is 15.0 Å². The van der Waals surface area contributed by atoms with Crippen LogP contribution < -0.4 is 15.1 Å². The largest absolute Gasteiger partial charge is 0.442 e. The quantitative estimate of drug-likeness (QED) is 0.795. The van der Waals surface area contributed by atoms with Crippen molar-refractivity contribution in [1.82, 2.24) is 5.32 Å². The maximum Gasteiger partial charge on any atom is 0.414 e. The molecule has 1 saturated heterocycles. The third-order valence-electron chi connectivity index (χ3n) is 5.26. The Labute approximate surface area is 179 Å². The summed E-state index contributed by atoms with van der Waals surface area (Å²) in [6, 6.07) is 14.5. The standard InChI is InChI=1S/C22H23N3O4S/c1-3-18-21(27)24(2)17-10-9-15(11-19(17)30-18)25-13-16(29-22(25)28)12-23-20(26)14-7-5-4-6-8-14/h4-11,16,18H,3,12-13H2,1-2H3,(H,23,26)/t16-,18?/m0/s1. The van der Waals surface area contributed by atoms with Gasteiger partial charge in [-0.15, -0.1) is 11.8 Å². The molecule has 2 atom stereocenters. The maximum absolute atomic E-state index is 12.4. The van der Waals surface area contributed by atoms with E-state index in [1.165, 1.54) is 11.8 Å². The van der Waals surface area contributed by atoms with Crippen molar-refractivity contribution in [3.05, 3.63) is 54.1 Å². The van der Waals surface area contributed by atoms with Gasteiger partial charge in [-0.2, -0.15) is 0 Å². The van der Waals surface area contributed by atoms with Gasteiger partial charge in [0.05, 0.1) is 24.0 Å². The van der Waals surface area contributed by atoms with Crippen molar-refractivity contribution in [3.63, 3.8) is 0 Å². The second kappa shape index (κ2) is 8.39. The molecule has 0 aromatic heterocycles. The predicted molar refractivity (Wildman–Crippen MR) is 116 cm³/mol. The van der Waals surface area contributed by atoms with Gasteiger partial charge in [0.2, 0.25) is 5.91 Å². The number of rotatable bonds is 5. The van der Waals surface area contributed by atoms with Crippen LogP contribution in [0.25, 0.3) is 0 Å². The molecule has 2 aromatic rings. The highest BCUT2D eigenvalue weighted by atomic mass is 32.2. The predicted octanol–water partition coefficient (Wildman–Crippen LogP) is 3.29. The second-order valence-corrected chi connectivity index (χ2v) is 8.50. The van der Waals surface area contributed by atoms with E-state index in [2.05, 4.69) is 5.32 Å². The number of hydrogen-bond acceptors (Lipinski definition) is 5. The SMILES string of the molecule is CCC1Sc2cc(N3C[C@H](CNC(=O)c4ccccc4)OC3=O)ccc2N(C)C1=O. The minimum Gasteiger partial charge on any atom is -0.442 e. The van der Waals surface area contributed by atoms with Gasteiger partial charge in [0.15, 0.2) is 0 Å². The van der Waals surface area contributed by atoms with E-state index < -0.39 is 12.2 Å². The lowest BCUT2D eigenvalue weighted by Gasteiger charge is -2.31. The van der Waals surface area contributed by atoms with Crippen LogP contribution in [-0.2, 0) is 9.53 Å². The topological polar surface area (TPSA) is 79.0 Å². The summed E-state index contributed by atoms with van der Waals surface area (Å²) in [6.45, 7) is 2.58. The van der Waals surface area contributed by atoms with Crippen molar-refractivity contribution in [2.24, 2.45) is 0 Å². The summed E-state index contributed by atoms with van der Waals surface area (Å²) in [5.74, 6) is -0.105. The van der Waals surface area contributed by atoms with E-state index >= 15 is 0 Å². The number of carbonyl (C=O) groups excluding carboxylic acids is 3. The zero-order valence-electron chi connectivity index (χ0n) is 16.8. The highest BCUT2D eigenvalue weighted by Gasteiger charge is 2.35. The number of nitrogens with zero attached hydrogens (tertiary/aromatic N) is 2. The Bertz CT molecular complexity index is 982. The summed E-state index contributed by atoms with van der Waals surface area (Å²) >= 11 is 1.53. The van der Waals surface area contributed by atoms with Crippen LogP contribution in [0, 0.1) is 0 Å². The fourth-order valence-electron chi connectivity index (χ4n) is 3.58. The molecule has 1 fully saturated rings. The summed E-state index contributed by atoms with van der Waals surface area (Å²) in [5.41, 5.74) is 2.13. The van der Waals surface area contributed by atoms with Crippen LogP contribution in [0.5, 0.6) is 0 Å². The van der Waals surface area contributed by atoms with Crippen LogP contribution in [-0.4, -0.2) is 49.4 Å². The van der Waals surface area contributed by atoms with Gasteiger partial charge in [-0.1, -0.05) is 25.1 Å². The molecule has 7 nitrogen and oxygen atoms in total. The van der Waals surface area contributed by atoms with Crippen molar-refractivity contribution < 1.29 is 19.1 Å². The van der Waals surface area contributed by atoms with Crippen molar-refractivity contribution in [1.29, 1.82) is 0 Å². The molecule has 8 heteroatoms. The average molecular weight is 426 g/mol. The molecule has 2 heterocycles. The molecule has 2 aliphatic rings. The molecule has 0 aliphatic carbocycles. The monoisotopic (exact) mass is 425 g/mol. The van der Waals surface area contributed by atoms with E-state index in [1.54, 1.807) is 41.1 Å². The fraction of sp³-hybridized carbons (Fsp3) is 0.318. The second-order valence-electron chi connectivity index (χ2n) is 7.26. The van der Waals surface area contributed by atoms with Gasteiger partial charge in [-0.3, -0.25) is 14.5 Å². The molecule has 2 aromatic carbocycles. The third-order valence-corrected chi connectivity index (χ3v) is 6.66. The van der Waals surface area contributed by atoms with E-state index in [-0.39, 0.29) is 23.6 Å². The lowest BCUT2D eigenvalue weighted by molar-refractivity contribution is -0.118. The molecule has 0 bridgehead atoms. The number of carbonyl (C=O) groups is 3. The highest BCUT2D eigenvalue weighted by Crippen LogP contribution is 2.42. The summed E-state index contributed by atoms with van der Waals surface area (Å²) in [5, 5.41) is 2.70. The molecule has 156 valence electrons. The Morgan fingerprint density at radius 3 is 2.70 bits per heavy atom. The number of cyclic esters (lactones) is 1. The van der Waals surface area contributed by atoms with Crippen LogP contribution in [0.1, 0.15) is 23.7 Å². The van der Waals surface area contributed by atoms with Gasteiger partial charge in [-0.05, 0) is 36.8 Å². The Morgan fingerprint density at radius 1 is 1.20 bits per heavy atom. The number of anilines is 2. The molecule has 30 heavy (non-hydrogen) atoms. The molecule has 1 N–H and O–H groups in total. The van der Waals surface area contributed by atoms with Crippen molar-refractivity contribution in [2.75, 3.05) is 29.9 Å². The number of nitrogens with one attached hydrogen (secondary N) is 1. The Kier molecular flexibility index (Phi) is 5.67. The zero-order chi connectivity index (χ0) is 21.3. The van der Waals surface area contributed by atoms with Crippen molar-refractivity contribution >= 4 is 41.0 Å². The highest BCUT2D eigenvalue weighted by molar-refractivity contribution is 8.01. The molecule has 0 spiro atoms. The Hall–Kier alpha value is -3.00. The number of thioether (sulfide) groups is 1. The lowest BCUT2D eigenvalue weighted by atomic mass is 10.2. The van der Waals surface area contributed by atoms with Crippen LogP contribution >= 0.6 is 11.8 Å². The minimum atomic E-state index is -0.439. The molecule has 0 radical (unpaired) electrons. The number of ether oxygens (including phenoxy) is 1. The van der Waals surface area contributed by atoms with E-state index in [9.17, 15) is 14.4 Å². The molecule has 3 amide bonds. The van der Waals surface area contributed by atoms with Gasteiger partial charge in [0.1, 0.15) is 6.10 Å². The molecule has 1 unspecified atom stereocenters. The first kappa shape index (κ1) is 20.3. The van der Waals surface area contributed by atoms with E-state index in [4.69, 9.17) is 4.74 Å². The van der Waals surface area contributed by atoms with E-state index in [0.717, 1.165) is 22.7 Å². The Morgan fingerprint density at radius 2 is 1.97 bits per heavy atom. The molecule has 4 rings (SSSR count). The molecule has 2 aliphatic heterocycles. The van der Waals surface area contributed by atoms with Crippen LogP contribution in [0.3, 0.4) is 0 Å². The zero-order valence-corrected chi connectivity index (χ0v) is 17.6. The number of fused-ring (bicyclic) bond motifs is 1. The van der Waals surface area contributed by atoms with Crippen LogP contribution in [0.2, 0.25) is 0 Å². The Balaban J connectivity index is 1.43. The normalized spacial score (nSPS) is 20.7. The smallest absolute Gasteiger partial charge is 0.414 e. The minimum absolute atomic E-state index is 0.0950. The number of hydrogen-bond donors (Lipinski definition) is 1.